The minimum absolute atomic E-state index is 0.171. The molecule has 0 fully saturated rings. The van der Waals surface area contributed by atoms with Gasteiger partial charge in [-0.25, -0.2) is 9.78 Å². The number of hydrogen-bond donors (Lipinski definition) is 1. The molecule has 0 aliphatic carbocycles. The van der Waals surface area contributed by atoms with Gasteiger partial charge in [-0.2, -0.15) is 0 Å². The maximum absolute atomic E-state index is 12.9. The highest BCUT2D eigenvalue weighted by Crippen LogP contribution is 2.22. The topological polar surface area (TPSA) is 90.3 Å². The number of rotatable bonds is 7. The molecule has 0 spiro atoms. The molecule has 9 heteroatoms. The van der Waals surface area contributed by atoms with E-state index in [0.29, 0.717) is 22.1 Å². The van der Waals surface area contributed by atoms with Crippen molar-refractivity contribution in [3.8, 4) is 0 Å². The molecule has 1 amide bonds. The largest absolute Gasteiger partial charge is 0.462 e. The fourth-order valence-corrected chi connectivity index (χ4v) is 3.69. The number of benzene rings is 1. The number of carbonyl (C=O) groups excluding carboxylic acids is 2. The van der Waals surface area contributed by atoms with Crippen molar-refractivity contribution in [3.63, 3.8) is 0 Å². The smallest absolute Gasteiger partial charge is 0.339 e. The molecule has 1 N–H and O–H groups in total. The van der Waals surface area contributed by atoms with Crippen LogP contribution >= 0.6 is 22.9 Å². The zero-order valence-corrected chi connectivity index (χ0v) is 17.6. The van der Waals surface area contributed by atoms with Gasteiger partial charge in [-0.1, -0.05) is 31.0 Å². The third kappa shape index (κ3) is 4.83. The first kappa shape index (κ1) is 21.0. The van der Waals surface area contributed by atoms with Crippen molar-refractivity contribution in [3.05, 3.63) is 56.4 Å². The Balaban J connectivity index is 1.80. The van der Waals surface area contributed by atoms with Gasteiger partial charge >= 0.3 is 5.97 Å². The lowest BCUT2D eigenvalue weighted by molar-refractivity contribution is -0.116. The lowest BCUT2D eigenvalue weighted by Gasteiger charge is -2.09. The lowest BCUT2D eigenvalue weighted by Crippen LogP contribution is -2.28. The van der Waals surface area contributed by atoms with E-state index in [4.69, 9.17) is 16.3 Å². The Hall–Kier alpha value is -2.71. The third-order valence-electron chi connectivity index (χ3n) is 4.28. The van der Waals surface area contributed by atoms with Gasteiger partial charge in [0.1, 0.15) is 11.4 Å². The number of aryl methyl sites for hydroxylation is 1. The summed E-state index contributed by atoms with van der Waals surface area (Å²) in [6.45, 7) is 3.90. The third-order valence-corrected chi connectivity index (χ3v) is 5.57. The number of hydrogen-bond acceptors (Lipinski definition) is 6. The summed E-state index contributed by atoms with van der Waals surface area (Å²) in [5.74, 6) is -0.962. The maximum Gasteiger partial charge on any atom is 0.339 e. The second-order valence-electron chi connectivity index (χ2n) is 6.51. The van der Waals surface area contributed by atoms with Crippen molar-refractivity contribution in [2.24, 2.45) is 0 Å². The van der Waals surface area contributed by atoms with E-state index in [0.717, 1.165) is 18.4 Å². The number of thiophene rings is 1. The van der Waals surface area contributed by atoms with Crippen molar-refractivity contribution in [2.75, 3.05) is 11.9 Å². The molecule has 0 atom stereocenters. The summed E-state index contributed by atoms with van der Waals surface area (Å²) in [5.41, 5.74) is 1.14. The molecule has 2 heterocycles. The Kier molecular flexibility index (Phi) is 6.66. The van der Waals surface area contributed by atoms with E-state index in [1.54, 1.807) is 23.6 Å². The van der Waals surface area contributed by atoms with Gasteiger partial charge in [-0.3, -0.25) is 14.2 Å². The monoisotopic (exact) mass is 433 g/mol. The van der Waals surface area contributed by atoms with E-state index in [9.17, 15) is 14.4 Å². The van der Waals surface area contributed by atoms with Crippen molar-refractivity contribution in [2.45, 2.75) is 33.2 Å². The molecule has 152 valence electrons. The Morgan fingerprint density at radius 2 is 2.14 bits per heavy atom. The van der Waals surface area contributed by atoms with E-state index in [1.165, 1.54) is 22.2 Å². The summed E-state index contributed by atoms with van der Waals surface area (Å²) >= 11 is 7.26. The second-order valence-corrected chi connectivity index (χ2v) is 7.77. The Bertz CT molecular complexity index is 1120. The molecular formula is C20H20ClN3O4S. The minimum atomic E-state index is -0.555. The quantitative estimate of drug-likeness (QED) is 0.449. The Labute approximate surface area is 176 Å². The van der Waals surface area contributed by atoms with Crippen LogP contribution in [0.2, 0.25) is 5.02 Å². The molecule has 0 bridgehead atoms. The van der Waals surface area contributed by atoms with E-state index >= 15 is 0 Å². The van der Waals surface area contributed by atoms with Crippen LogP contribution in [0.25, 0.3) is 10.2 Å². The summed E-state index contributed by atoms with van der Waals surface area (Å²) in [7, 11) is 0. The predicted octanol–water partition coefficient (Wildman–Crippen LogP) is 4.02. The number of ether oxygens (including phenoxy) is 1. The number of nitrogens with one attached hydrogen (secondary N) is 1. The average Bonchev–Trinajstić information content (AvgIpc) is 3.12. The fourth-order valence-electron chi connectivity index (χ4n) is 2.64. The number of amides is 1. The van der Waals surface area contributed by atoms with Gasteiger partial charge < -0.3 is 10.1 Å². The molecule has 1 aromatic carbocycles. The van der Waals surface area contributed by atoms with Gasteiger partial charge in [0.05, 0.1) is 23.9 Å². The highest BCUT2D eigenvalue weighted by atomic mass is 35.5. The molecule has 3 aromatic rings. The summed E-state index contributed by atoms with van der Waals surface area (Å²) in [4.78, 5) is 42.1. The summed E-state index contributed by atoms with van der Waals surface area (Å²) in [6.07, 6.45) is 2.95. The standard InChI is InChI=1S/C20H20ClN3O4S/c1-3-4-7-28-20(27)14-10-29-18-17(14)19(26)24(11-22-18)9-16(25)23-13-6-5-12(2)15(21)8-13/h5-6,8,10-11H,3-4,7,9H2,1-2H3,(H,23,25). The van der Waals surface area contributed by atoms with Crippen LogP contribution in [0.5, 0.6) is 0 Å². The molecule has 7 nitrogen and oxygen atoms in total. The Morgan fingerprint density at radius 1 is 1.34 bits per heavy atom. The first-order valence-corrected chi connectivity index (χ1v) is 10.4. The van der Waals surface area contributed by atoms with Crippen molar-refractivity contribution >= 4 is 50.7 Å². The molecule has 2 aromatic heterocycles. The summed E-state index contributed by atoms with van der Waals surface area (Å²) < 4.78 is 6.38. The fraction of sp³-hybridized carbons (Fsp3) is 0.300. The number of carbonyl (C=O) groups is 2. The number of unbranched alkanes of at least 4 members (excludes halogenated alkanes) is 1. The molecule has 0 saturated carbocycles. The molecule has 0 aliphatic heterocycles. The van der Waals surface area contributed by atoms with Crippen LogP contribution in [0, 0.1) is 6.92 Å². The molecular weight excluding hydrogens is 414 g/mol. The first-order chi connectivity index (χ1) is 13.9. The van der Waals surface area contributed by atoms with Crippen molar-refractivity contribution in [1.82, 2.24) is 9.55 Å². The zero-order chi connectivity index (χ0) is 21.0. The predicted molar refractivity (Wildman–Crippen MR) is 114 cm³/mol. The normalized spacial score (nSPS) is 10.9. The highest BCUT2D eigenvalue weighted by Gasteiger charge is 2.19. The van der Waals surface area contributed by atoms with Crippen LogP contribution in [-0.2, 0) is 16.1 Å². The van der Waals surface area contributed by atoms with Crippen LogP contribution in [0.15, 0.2) is 34.7 Å². The molecule has 0 radical (unpaired) electrons. The zero-order valence-electron chi connectivity index (χ0n) is 16.0. The van der Waals surface area contributed by atoms with Gasteiger partial charge in [0.2, 0.25) is 5.91 Å². The van der Waals surface area contributed by atoms with Gasteiger partial charge in [0.25, 0.3) is 5.56 Å². The lowest BCUT2D eigenvalue weighted by atomic mass is 10.2. The van der Waals surface area contributed by atoms with Gasteiger partial charge in [0, 0.05) is 16.1 Å². The van der Waals surface area contributed by atoms with Crippen LogP contribution in [0.1, 0.15) is 35.7 Å². The molecule has 0 unspecified atom stereocenters. The molecule has 0 aliphatic rings. The SMILES string of the molecule is CCCCOC(=O)c1csc2ncn(CC(=O)Nc3ccc(C)c(Cl)c3)c(=O)c12. The van der Waals surface area contributed by atoms with E-state index in [-0.39, 0.29) is 17.5 Å². The average molecular weight is 434 g/mol. The van der Waals surface area contributed by atoms with E-state index in [1.807, 2.05) is 13.8 Å². The molecule has 29 heavy (non-hydrogen) atoms. The second kappa shape index (κ2) is 9.19. The maximum atomic E-state index is 12.9. The van der Waals surface area contributed by atoms with Gasteiger partial charge in [0.15, 0.2) is 0 Å². The minimum Gasteiger partial charge on any atom is -0.462 e. The summed E-state index contributed by atoms with van der Waals surface area (Å²) in [5, 5.41) is 4.97. The highest BCUT2D eigenvalue weighted by molar-refractivity contribution is 7.17. The van der Waals surface area contributed by atoms with E-state index < -0.39 is 17.4 Å². The number of nitrogens with zero attached hydrogens (tertiary/aromatic N) is 2. The Morgan fingerprint density at radius 3 is 2.86 bits per heavy atom. The summed E-state index contributed by atoms with van der Waals surface area (Å²) in [6, 6.07) is 5.16. The number of aromatic nitrogens is 2. The number of anilines is 1. The number of esters is 1. The van der Waals surface area contributed by atoms with E-state index in [2.05, 4.69) is 10.3 Å². The van der Waals surface area contributed by atoms with Crippen LogP contribution in [0.4, 0.5) is 5.69 Å². The molecule has 0 saturated heterocycles. The van der Waals surface area contributed by atoms with Crippen LogP contribution < -0.4 is 10.9 Å². The van der Waals surface area contributed by atoms with Crippen molar-refractivity contribution < 1.29 is 14.3 Å². The first-order valence-electron chi connectivity index (χ1n) is 9.10. The van der Waals surface area contributed by atoms with Crippen LogP contribution in [0.3, 0.4) is 0 Å². The van der Waals surface area contributed by atoms with Gasteiger partial charge in [-0.05, 0) is 31.0 Å². The van der Waals surface area contributed by atoms with Crippen LogP contribution in [-0.4, -0.2) is 28.0 Å². The van der Waals surface area contributed by atoms with Gasteiger partial charge in [-0.15, -0.1) is 11.3 Å². The van der Waals surface area contributed by atoms with Crippen molar-refractivity contribution in [1.29, 1.82) is 0 Å². The molecule has 3 rings (SSSR count). The number of halogens is 1. The number of fused-ring (bicyclic) bond motifs is 1.